The number of nitrogens with one attached hydrogen (secondary N) is 1. The molecule has 0 aromatic heterocycles. The van der Waals surface area contributed by atoms with Gasteiger partial charge in [0.05, 0.1) is 31.4 Å². The zero-order chi connectivity index (χ0) is 21.5. The lowest BCUT2D eigenvalue weighted by Gasteiger charge is -2.12. The number of ether oxygens (including phenoxy) is 3. The van der Waals surface area contributed by atoms with E-state index in [0.717, 1.165) is 21.7 Å². The van der Waals surface area contributed by atoms with E-state index in [9.17, 15) is 0 Å². The van der Waals surface area contributed by atoms with Crippen molar-refractivity contribution >= 4 is 53.0 Å². The van der Waals surface area contributed by atoms with Gasteiger partial charge in [0.25, 0.3) is 0 Å². The molecule has 156 valence electrons. The molecular weight excluding hydrogens is 441 g/mol. The quantitative estimate of drug-likeness (QED) is 0.281. The fourth-order valence-electron chi connectivity index (χ4n) is 2.75. The van der Waals surface area contributed by atoms with Crippen LogP contribution in [-0.2, 0) is 0 Å². The van der Waals surface area contributed by atoms with Crippen molar-refractivity contribution in [2.24, 2.45) is 0 Å². The highest BCUT2D eigenvalue weighted by Crippen LogP contribution is 2.38. The van der Waals surface area contributed by atoms with E-state index in [1.165, 1.54) is 11.9 Å². The van der Waals surface area contributed by atoms with Crippen LogP contribution >= 0.6 is 35.1 Å². The molecule has 3 rings (SSSR count). The number of methoxy groups -OCH3 is 3. The molecule has 0 aliphatic carbocycles. The second-order valence-electron chi connectivity index (χ2n) is 6.20. The molecule has 0 amide bonds. The van der Waals surface area contributed by atoms with Crippen molar-refractivity contribution in [1.29, 1.82) is 0 Å². The largest absolute Gasteiger partial charge is 0.493 e. The van der Waals surface area contributed by atoms with Crippen LogP contribution in [0.3, 0.4) is 0 Å². The normalized spacial score (nSPS) is 10.8. The first-order valence-electron chi connectivity index (χ1n) is 9.00. The van der Waals surface area contributed by atoms with Crippen LogP contribution in [0.25, 0.3) is 12.2 Å². The highest BCUT2D eigenvalue weighted by molar-refractivity contribution is 8.00. The molecule has 0 bridgehead atoms. The average Bonchev–Trinajstić information content (AvgIpc) is 2.77. The van der Waals surface area contributed by atoms with E-state index in [1.54, 1.807) is 27.4 Å². The van der Waals surface area contributed by atoms with Crippen molar-refractivity contribution in [3.63, 3.8) is 0 Å². The summed E-state index contributed by atoms with van der Waals surface area (Å²) in [6.07, 6.45) is 4.02. The summed E-state index contributed by atoms with van der Waals surface area (Å²) in [5.41, 5.74) is 2.95. The van der Waals surface area contributed by atoms with E-state index in [4.69, 9.17) is 37.4 Å². The molecule has 30 heavy (non-hydrogen) atoms. The summed E-state index contributed by atoms with van der Waals surface area (Å²) in [6.45, 7) is 0. The van der Waals surface area contributed by atoms with Crippen LogP contribution < -0.4 is 18.9 Å². The molecule has 1 N–H and O–H groups in total. The standard InChI is InChI=1S/C23H21Cl2NO3S/c1-27-21-12-16(13-22(28-2)23(21)29-3)8-7-15-5-4-6-17(11-15)26-30-18-9-10-19(24)20(25)14-18/h4-14,26H,1-3H3/b8-7-. The summed E-state index contributed by atoms with van der Waals surface area (Å²) in [7, 11) is 4.79. The summed E-state index contributed by atoms with van der Waals surface area (Å²) in [4.78, 5) is 0.975. The van der Waals surface area contributed by atoms with Crippen molar-refractivity contribution in [1.82, 2.24) is 0 Å². The fourth-order valence-corrected chi connectivity index (χ4v) is 3.79. The highest BCUT2D eigenvalue weighted by atomic mass is 35.5. The number of rotatable bonds is 8. The van der Waals surface area contributed by atoms with Gasteiger partial charge in [-0.2, -0.15) is 0 Å². The van der Waals surface area contributed by atoms with E-state index < -0.39 is 0 Å². The zero-order valence-corrected chi connectivity index (χ0v) is 19.1. The van der Waals surface area contributed by atoms with E-state index in [-0.39, 0.29) is 0 Å². The van der Waals surface area contributed by atoms with Gasteiger partial charge in [-0.25, -0.2) is 0 Å². The summed E-state index contributed by atoms with van der Waals surface area (Å²) < 4.78 is 19.5. The molecule has 3 aromatic carbocycles. The summed E-state index contributed by atoms with van der Waals surface area (Å²) in [5.74, 6) is 1.80. The lowest BCUT2D eigenvalue weighted by atomic mass is 10.1. The van der Waals surface area contributed by atoms with Crippen LogP contribution in [0.1, 0.15) is 11.1 Å². The Balaban J connectivity index is 1.74. The second kappa shape index (κ2) is 10.5. The van der Waals surface area contributed by atoms with Gasteiger partial charge in [-0.1, -0.05) is 47.5 Å². The topological polar surface area (TPSA) is 39.7 Å². The van der Waals surface area contributed by atoms with Crippen LogP contribution in [-0.4, -0.2) is 21.3 Å². The first-order valence-corrected chi connectivity index (χ1v) is 10.6. The van der Waals surface area contributed by atoms with Gasteiger partial charge in [-0.05, 0) is 65.5 Å². The molecule has 7 heteroatoms. The Hall–Kier alpha value is -2.47. The molecule has 0 saturated heterocycles. The Kier molecular flexibility index (Phi) is 7.80. The second-order valence-corrected chi connectivity index (χ2v) is 7.89. The maximum atomic E-state index is 6.07. The summed E-state index contributed by atoms with van der Waals surface area (Å²) in [5, 5.41) is 1.07. The lowest BCUT2D eigenvalue weighted by molar-refractivity contribution is 0.324. The number of hydrogen-bond donors (Lipinski definition) is 1. The van der Waals surface area contributed by atoms with E-state index in [2.05, 4.69) is 10.8 Å². The predicted molar refractivity (Wildman–Crippen MR) is 127 cm³/mol. The van der Waals surface area contributed by atoms with Gasteiger partial charge in [0.1, 0.15) is 0 Å². The molecule has 0 heterocycles. The van der Waals surface area contributed by atoms with E-state index in [0.29, 0.717) is 27.3 Å². The van der Waals surface area contributed by atoms with Gasteiger partial charge in [0, 0.05) is 10.6 Å². The molecule has 0 aliphatic heterocycles. The van der Waals surface area contributed by atoms with Crippen LogP contribution in [0, 0.1) is 0 Å². The molecule has 0 aliphatic rings. The van der Waals surface area contributed by atoms with Gasteiger partial charge < -0.3 is 18.9 Å². The Morgan fingerprint density at radius 3 is 2.10 bits per heavy atom. The molecular formula is C23H21Cl2NO3S. The van der Waals surface area contributed by atoms with Gasteiger partial charge in [-0.15, -0.1) is 0 Å². The lowest BCUT2D eigenvalue weighted by Crippen LogP contribution is -1.95. The number of halogens is 2. The van der Waals surface area contributed by atoms with Crippen LogP contribution in [0.2, 0.25) is 10.0 Å². The van der Waals surface area contributed by atoms with Crippen molar-refractivity contribution in [2.75, 3.05) is 26.1 Å². The van der Waals surface area contributed by atoms with Crippen LogP contribution in [0.5, 0.6) is 17.2 Å². The van der Waals surface area contributed by atoms with Gasteiger partial charge in [0.15, 0.2) is 11.5 Å². The summed E-state index contributed by atoms with van der Waals surface area (Å²) in [6, 6.07) is 17.4. The first-order chi connectivity index (χ1) is 14.5. The van der Waals surface area contributed by atoms with Crippen molar-refractivity contribution in [3.05, 3.63) is 75.8 Å². The molecule has 3 aromatic rings. The third-order valence-electron chi connectivity index (χ3n) is 4.22. The predicted octanol–water partition coefficient (Wildman–Crippen LogP) is 7.31. The number of anilines is 1. The van der Waals surface area contributed by atoms with Crippen molar-refractivity contribution < 1.29 is 14.2 Å². The molecule has 4 nitrogen and oxygen atoms in total. The average molecular weight is 462 g/mol. The Labute approximate surface area is 190 Å². The molecule has 0 fully saturated rings. The SMILES string of the molecule is COc1cc(/C=C\c2cccc(NSc3ccc(Cl)c(Cl)c3)c2)cc(OC)c1OC. The van der Waals surface area contributed by atoms with E-state index >= 15 is 0 Å². The summed E-state index contributed by atoms with van der Waals surface area (Å²) >= 11 is 13.5. The molecule has 0 spiro atoms. The maximum Gasteiger partial charge on any atom is 0.203 e. The van der Waals surface area contributed by atoms with Gasteiger partial charge in [-0.3, -0.25) is 0 Å². The third kappa shape index (κ3) is 5.57. The van der Waals surface area contributed by atoms with E-state index in [1.807, 2.05) is 54.6 Å². The fraction of sp³-hybridized carbons (Fsp3) is 0.130. The smallest absolute Gasteiger partial charge is 0.203 e. The van der Waals surface area contributed by atoms with Crippen molar-refractivity contribution in [3.8, 4) is 17.2 Å². The molecule has 0 saturated carbocycles. The van der Waals surface area contributed by atoms with Crippen LogP contribution in [0.15, 0.2) is 59.5 Å². The minimum atomic E-state index is 0.533. The first kappa shape index (κ1) is 22.2. The highest BCUT2D eigenvalue weighted by Gasteiger charge is 2.12. The molecule has 0 atom stereocenters. The third-order valence-corrected chi connectivity index (χ3v) is 5.79. The Morgan fingerprint density at radius 2 is 1.47 bits per heavy atom. The van der Waals surface area contributed by atoms with Crippen LogP contribution in [0.4, 0.5) is 5.69 Å². The molecule has 0 unspecified atom stereocenters. The van der Waals surface area contributed by atoms with Gasteiger partial charge >= 0.3 is 0 Å². The molecule has 0 radical (unpaired) electrons. The van der Waals surface area contributed by atoms with Gasteiger partial charge in [0.2, 0.25) is 5.75 Å². The van der Waals surface area contributed by atoms with Crippen molar-refractivity contribution in [2.45, 2.75) is 4.90 Å². The number of hydrogen-bond acceptors (Lipinski definition) is 5. The minimum absolute atomic E-state index is 0.533. The minimum Gasteiger partial charge on any atom is -0.493 e. The zero-order valence-electron chi connectivity index (χ0n) is 16.7. The Morgan fingerprint density at radius 1 is 0.767 bits per heavy atom. The maximum absolute atomic E-state index is 6.07. The Bertz CT molecular complexity index is 1030. The monoisotopic (exact) mass is 461 g/mol. The number of benzene rings is 3.